The number of hydrogen-bond donors (Lipinski definition) is 2. The summed E-state index contributed by atoms with van der Waals surface area (Å²) in [6.45, 7) is 4.05. The molecule has 0 bridgehead atoms. The van der Waals surface area contributed by atoms with Gasteiger partial charge in [-0.3, -0.25) is 0 Å². The number of nitrogens with two attached hydrogens (primary N) is 1. The van der Waals surface area contributed by atoms with Gasteiger partial charge in [0.05, 0.1) is 11.5 Å². The van der Waals surface area contributed by atoms with E-state index in [1.165, 1.54) is 0 Å². The van der Waals surface area contributed by atoms with Gasteiger partial charge in [0.15, 0.2) is 0 Å². The molecule has 0 amide bonds. The Hall–Kier alpha value is -1.62. The number of aliphatic hydroxyl groups excluding tert-OH is 1. The van der Waals surface area contributed by atoms with Crippen LogP contribution in [0.2, 0.25) is 0 Å². The van der Waals surface area contributed by atoms with Crippen molar-refractivity contribution in [2.24, 2.45) is 0 Å². The van der Waals surface area contributed by atoms with Gasteiger partial charge >= 0.3 is 0 Å². The van der Waals surface area contributed by atoms with Crippen LogP contribution in [0.15, 0.2) is 12.3 Å². The molecule has 0 spiro atoms. The SMILES string of the molecule is Cc1nc(N)c2ccn(C[C@H](C)O)c2n1. The van der Waals surface area contributed by atoms with E-state index in [1.807, 2.05) is 16.8 Å². The van der Waals surface area contributed by atoms with Crippen molar-refractivity contribution in [3.05, 3.63) is 18.1 Å². The lowest BCUT2D eigenvalue weighted by atomic mass is 10.3. The lowest BCUT2D eigenvalue weighted by molar-refractivity contribution is 0.175. The van der Waals surface area contributed by atoms with Crippen LogP contribution in [0.4, 0.5) is 5.82 Å². The largest absolute Gasteiger partial charge is 0.392 e. The van der Waals surface area contributed by atoms with Crippen molar-refractivity contribution < 1.29 is 5.11 Å². The number of rotatable bonds is 2. The Morgan fingerprint density at radius 3 is 2.93 bits per heavy atom. The van der Waals surface area contributed by atoms with Crippen LogP contribution in [0.1, 0.15) is 12.7 Å². The molecular formula is C10H14N4O. The molecule has 5 heteroatoms. The molecule has 0 fully saturated rings. The Bertz CT molecular complexity index is 489. The van der Waals surface area contributed by atoms with Gasteiger partial charge in [-0.05, 0) is 19.9 Å². The van der Waals surface area contributed by atoms with E-state index in [2.05, 4.69) is 9.97 Å². The van der Waals surface area contributed by atoms with Gasteiger partial charge in [0, 0.05) is 12.7 Å². The maximum absolute atomic E-state index is 9.33. The molecule has 2 aromatic rings. The Labute approximate surface area is 87.6 Å². The molecule has 15 heavy (non-hydrogen) atoms. The van der Waals surface area contributed by atoms with E-state index in [1.54, 1.807) is 13.8 Å². The molecule has 0 aliphatic rings. The minimum atomic E-state index is -0.405. The number of nitrogen functional groups attached to an aromatic ring is 1. The highest BCUT2D eigenvalue weighted by molar-refractivity contribution is 5.86. The maximum atomic E-state index is 9.33. The normalized spacial score (nSPS) is 13.3. The van der Waals surface area contributed by atoms with Gasteiger partial charge in [-0.1, -0.05) is 0 Å². The predicted octanol–water partition coefficient (Wildman–Crippen LogP) is 0.703. The first kappa shape index (κ1) is 9.92. The van der Waals surface area contributed by atoms with Crippen molar-refractivity contribution in [2.75, 3.05) is 5.73 Å². The second-order valence-electron chi connectivity index (χ2n) is 3.71. The highest BCUT2D eigenvalue weighted by Gasteiger charge is 2.08. The van der Waals surface area contributed by atoms with Gasteiger partial charge < -0.3 is 15.4 Å². The molecule has 2 aromatic heterocycles. The number of nitrogens with zero attached hydrogens (tertiary/aromatic N) is 3. The summed E-state index contributed by atoms with van der Waals surface area (Å²) in [6.07, 6.45) is 1.46. The fraction of sp³-hybridized carbons (Fsp3) is 0.400. The fourth-order valence-corrected chi connectivity index (χ4v) is 1.63. The molecule has 2 rings (SSSR count). The van der Waals surface area contributed by atoms with Crippen molar-refractivity contribution in [1.82, 2.24) is 14.5 Å². The molecule has 80 valence electrons. The van der Waals surface area contributed by atoms with Crippen LogP contribution >= 0.6 is 0 Å². The number of fused-ring (bicyclic) bond motifs is 1. The monoisotopic (exact) mass is 206 g/mol. The molecule has 0 saturated carbocycles. The third kappa shape index (κ3) is 1.78. The molecule has 0 unspecified atom stereocenters. The summed E-state index contributed by atoms with van der Waals surface area (Å²) < 4.78 is 1.88. The molecule has 0 aromatic carbocycles. The number of aromatic nitrogens is 3. The second kappa shape index (κ2) is 3.51. The molecule has 0 aliphatic carbocycles. The van der Waals surface area contributed by atoms with Crippen LogP contribution in [-0.2, 0) is 6.54 Å². The molecular weight excluding hydrogens is 192 g/mol. The molecule has 2 heterocycles. The van der Waals surface area contributed by atoms with Crippen LogP contribution in [0.5, 0.6) is 0 Å². The third-order valence-corrected chi connectivity index (χ3v) is 2.22. The zero-order valence-electron chi connectivity index (χ0n) is 8.81. The molecule has 1 atom stereocenters. The van der Waals surface area contributed by atoms with Crippen LogP contribution in [0.3, 0.4) is 0 Å². The second-order valence-corrected chi connectivity index (χ2v) is 3.71. The molecule has 0 saturated heterocycles. The zero-order valence-corrected chi connectivity index (χ0v) is 8.81. The lowest BCUT2D eigenvalue weighted by Gasteiger charge is -2.07. The van der Waals surface area contributed by atoms with Crippen molar-refractivity contribution in [2.45, 2.75) is 26.5 Å². The van der Waals surface area contributed by atoms with E-state index in [9.17, 15) is 5.11 Å². The standard InChI is InChI=1S/C10H14N4O/c1-6(15)5-14-4-3-8-9(11)12-7(2)13-10(8)14/h3-4,6,15H,5H2,1-2H3,(H2,11,12,13)/t6-/m0/s1. The molecule has 0 aliphatic heterocycles. The summed E-state index contributed by atoms with van der Waals surface area (Å²) in [5.41, 5.74) is 6.55. The van der Waals surface area contributed by atoms with Crippen molar-refractivity contribution >= 4 is 16.9 Å². The van der Waals surface area contributed by atoms with Crippen molar-refractivity contribution in [3.8, 4) is 0 Å². The van der Waals surface area contributed by atoms with Gasteiger partial charge in [-0.15, -0.1) is 0 Å². The number of anilines is 1. The Balaban J connectivity index is 2.58. The first-order chi connectivity index (χ1) is 7.08. The lowest BCUT2D eigenvalue weighted by Crippen LogP contribution is -2.11. The summed E-state index contributed by atoms with van der Waals surface area (Å²) in [5, 5.41) is 10.2. The summed E-state index contributed by atoms with van der Waals surface area (Å²) in [7, 11) is 0. The Kier molecular flexibility index (Phi) is 2.32. The average molecular weight is 206 g/mol. The highest BCUT2D eigenvalue weighted by Crippen LogP contribution is 2.19. The minimum Gasteiger partial charge on any atom is -0.392 e. The molecule has 0 radical (unpaired) electrons. The van der Waals surface area contributed by atoms with E-state index in [4.69, 9.17) is 5.73 Å². The Morgan fingerprint density at radius 2 is 2.27 bits per heavy atom. The molecule has 3 N–H and O–H groups in total. The van der Waals surface area contributed by atoms with Crippen molar-refractivity contribution in [3.63, 3.8) is 0 Å². The summed E-state index contributed by atoms with van der Waals surface area (Å²) in [4.78, 5) is 8.40. The van der Waals surface area contributed by atoms with E-state index < -0.39 is 6.10 Å². The van der Waals surface area contributed by atoms with Gasteiger partial charge in [-0.2, -0.15) is 0 Å². The third-order valence-electron chi connectivity index (χ3n) is 2.22. The van der Waals surface area contributed by atoms with Crippen LogP contribution in [0.25, 0.3) is 11.0 Å². The topological polar surface area (TPSA) is 77.0 Å². The summed E-state index contributed by atoms with van der Waals surface area (Å²) in [6, 6.07) is 1.87. The fourth-order valence-electron chi connectivity index (χ4n) is 1.63. The zero-order chi connectivity index (χ0) is 11.0. The van der Waals surface area contributed by atoms with Gasteiger partial charge in [0.1, 0.15) is 17.3 Å². The molecule has 5 nitrogen and oxygen atoms in total. The quantitative estimate of drug-likeness (QED) is 0.758. The maximum Gasteiger partial charge on any atom is 0.145 e. The van der Waals surface area contributed by atoms with Crippen LogP contribution in [-0.4, -0.2) is 25.7 Å². The van der Waals surface area contributed by atoms with Crippen LogP contribution in [0, 0.1) is 6.92 Å². The summed E-state index contributed by atoms with van der Waals surface area (Å²) >= 11 is 0. The summed E-state index contributed by atoms with van der Waals surface area (Å²) in [5.74, 6) is 1.13. The van der Waals surface area contributed by atoms with E-state index >= 15 is 0 Å². The van der Waals surface area contributed by atoms with E-state index in [0.717, 1.165) is 11.0 Å². The smallest absolute Gasteiger partial charge is 0.145 e. The van der Waals surface area contributed by atoms with E-state index in [-0.39, 0.29) is 0 Å². The number of hydrogen-bond acceptors (Lipinski definition) is 4. The number of aliphatic hydroxyl groups is 1. The first-order valence-corrected chi connectivity index (χ1v) is 4.85. The minimum absolute atomic E-state index is 0.405. The van der Waals surface area contributed by atoms with Gasteiger partial charge in [0.2, 0.25) is 0 Å². The first-order valence-electron chi connectivity index (χ1n) is 4.85. The highest BCUT2D eigenvalue weighted by atomic mass is 16.3. The van der Waals surface area contributed by atoms with Gasteiger partial charge in [-0.25, -0.2) is 9.97 Å². The Morgan fingerprint density at radius 1 is 1.53 bits per heavy atom. The number of aryl methyl sites for hydroxylation is 1. The van der Waals surface area contributed by atoms with Gasteiger partial charge in [0.25, 0.3) is 0 Å². The predicted molar refractivity (Wildman–Crippen MR) is 58.4 cm³/mol. The van der Waals surface area contributed by atoms with E-state index in [0.29, 0.717) is 18.2 Å². The van der Waals surface area contributed by atoms with Crippen molar-refractivity contribution in [1.29, 1.82) is 0 Å². The van der Waals surface area contributed by atoms with Crippen LogP contribution < -0.4 is 5.73 Å². The average Bonchev–Trinajstić information content (AvgIpc) is 2.48.